The van der Waals surface area contributed by atoms with Crippen LogP contribution in [-0.2, 0) is 0 Å². The molecule has 0 saturated carbocycles. The maximum Gasteiger partial charge on any atom is 0.120 e. The predicted octanol–water partition coefficient (Wildman–Crippen LogP) is 2.52. The number of nitrogens with zero attached hydrogens (tertiary/aromatic N) is 2. The molecule has 0 aliphatic rings. The fraction of sp³-hybridized carbons (Fsp3) is 0.250. The first kappa shape index (κ1) is 10.6. The molecule has 0 aromatic carbocycles. The Morgan fingerprint density at radius 1 is 1.54 bits per heavy atom. The van der Waals surface area contributed by atoms with Crippen LogP contribution in [0.25, 0.3) is 0 Å². The molecule has 0 radical (unpaired) electrons. The molecule has 68 valence electrons. The van der Waals surface area contributed by atoms with Gasteiger partial charge in [-0.2, -0.15) is 5.26 Å². The van der Waals surface area contributed by atoms with Gasteiger partial charge in [0, 0.05) is 0 Å². The first-order valence-corrected chi connectivity index (χ1v) is 5.18. The maximum absolute atomic E-state index is 8.44. The van der Waals surface area contributed by atoms with Crippen LogP contribution < -0.4 is 5.73 Å². The van der Waals surface area contributed by atoms with Crippen LogP contribution in [0.2, 0.25) is 0 Å². The topological polar surface area (TPSA) is 62.7 Å². The van der Waals surface area contributed by atoms with Crippen molar-refractivity contribution in [2.75, 3.05) is 0 Å². The summed E-state index contributed by atoms with van der Waals surface area (Å²) in [5.41, 5.74) is 6.42. The fourth-order valence-electron chi connectivity index (χ4n) is 0.841. The number of hydrogen-bond donors (Lipinski definition) is 1. The van der Waals surface area contributed by atoms with Crippen LogP contribution in [0.1, 0.15) is 18.2 Å². The molecule has 0 spiro atoms. The summed E-state index contributed by atoms with van der Waals surface area (Å²) in [7, 11) is 0. The monoisotopic (exact) mass is 303 g/mol. The number of pyridine rings is 1. The number of nitrogens with two attached hydrogens (primary N) is 1. The van der Waals surface area contributed by atoms with Gasteiger partial charge >= 0.3 is 0 Å². The first-order chi connectivity index (χ1) is 6.15. The molecule has 1 aromatic heterocycles. The predicted molar refractivity (Wildman–Crippen MR) is 56.8 cm³/mol. The molecule has 0 saturated heterocycles. The summed E-state index contributed by atoms with van der Waals surface area (Å²) in [5, 5.41) is 8.44. The lowest BCUT2D eigenvalue weighted by atomic mass is 10.1. The zero-order chi connectivity index (χ0) is 9.84. The lowest BCUT2D eigenvalue weighted by molar-refractivity contribution is 0.717. The van der Waals surface area contributed by atoms with Gasteiger partial charge in [0.15, 0.2) is 0 Å². The molecule has 1 aromatic rings. The first-order valence-electron chi connectivity index (χ1n) is 3.59. The van der Waals surface area contributed by atoms with E-state index in [-0.39, 0.29) is 12.5 Å². The Labute approximate surface area is 93.2 Å². The number of rotatable bonds is 2. The number of aromatic nitrogens is 1. The number of hydrogen-bond acceptors (Lipinski definition) is 3. The van der Waals surface area contributed by atoms with Crippen LogP contribution in [0.5, 0.6) is 0 Å². The van der Waals surface area contributed by atoms with Crippen molar-refractivity contribution in [1.29, 1.82) is 5.26 Å². The second-order valence-electron chi connectivity index (χ2n) is 2.48. The Bertz CT molecular complexity index is 346. The molecule has 0 fully saturated rings. The van der Waals surface area contributed by atoms with E-state index in [4.69, 9.17) is 11.0 Å². The van der Waals surface area contributed by atoms with Gasteiger partial charge in [0.2, 0.25) is 0 Å². The van der Waals surface area contributed by atoms with E-state index in [0.29, 0.717) is 4.60 Å². The molecule has 0 amide bonds. The summed E-state index contributed by atoms with van der Waals surface area (Å²) >= 11 is 6.57. The van der Waals surface area contributed by atoms with Crippen LogP contribution in [0.4, 0.5) is 0 Å². The highest BCUT2D eigenvalue weighted by molar-refractivity contribution is 9.13. The van der Waals surface area contributed by atoms with Gasteiger partial charge < -0.3 is 5.73 Å². The highest BCUT2D eigenvalue weighted by Gasteiger charge is 2.08. The largest absolute Gasteiger partial charge is 0.322 e. The Kier molecular flexibility index (Phi) is 3.85. The standard InChI is InChI=1S/C8H7Br2N3/c9-5-1-2-7(13-8(5)10)6(12)3-4-11/h1-2,6H,3,12H2. The summed E-state index contributed by atoms with van der Waals surface area (Å²) in [6.07, 6.45) is 0.279. The average molecular weight is 305 g/mol. The van der Waals surface area contributed by atoms with Gasteiger partial charge in [-0.3, -0.25) is 0 Å². The minimum Gasteiger partial charge on any atom is -0.322 e. The molecule has 2 N–H and O–H groups in total. The zero-order valence-corrected chi connectivity index (χ0v) is 9.84. The van der Waals surface area contributed by atoms with Crippen molar-refractivity contribution >= 4 is 31.9 Å². The van der Waals surface area contributed by atoms with Crippen molar-refractivity contribution in [1.82, 2.24) is 4.98 Å². The Hall–Kier alpha value is -0.440. The summed E-state index contributed by atoms with van der Waals surface area (Å²) in [5.74, 6) is 0. The van der Waals surface area contributed by atoms with Gasteiger partial charge in [0.25, 0.3) is 0 Å². The van der Waals surface area contributed by atoms with Gasteiger partial charge in [-0.05, 0) is 44.0 Å². The van der Waals surface area contributed by atoms with Crippen molar-refractivity contribution in [2.24, 2.45) is 5.73 Å². The lowest BCUT2D eigenvalue weighted by Crippen LogP contribution is -2.11. The van der Waals surface area contributed by atoms with Gasteiger partial charge in [-0.25, -0.2) is 4.98 Å². The third-order valence-electron chi connectivity index (χ3n) is 1.52. The summed E-state index contributed by atoms with van der Waals surface area (Å²) in [6, 6.07) is 5.35. The zero-order valence-electron chi connectivity index (χ0n) is 6.67. The molecular weight excluding hydrogens is 298 g/mol. The van der Waals surface area contributed by atoms with E-state index in [1.807, 2.05) is 12.1 Å². The SMILES string of the molecule is N#CCC(N)c1ccc(Br)c(Br)n1. The van der Waals surface area contributed by atoms with Crippen molar-refractivity contribution in [3.05, 3.63) is 26.9 Å². The van der Waals surface area contributed by atoms with Crippen LogP contribution in [0.3, 0.4) is 0 Å². The quantitative estimate of drug-likeness (QED) is 0.854. The molecular formula is C8H7Br2N3. The molecule has 1 atom stereocenters. The Balaban J connectivity index is 2.91. The number of nitriles is 1. The van der Waals surface area contributed by atoms with E-state index >= 15 is 0 Å². The molecule has 1 rings (SSSR count). The van der Waals surface area contributed by atoms with Crippen LogP contribution >= 0.6 is 31.9 Å². The third kappa shape index (κ3) is 2.76. The smallest absolute Gasteiger partial charge is 0.120 e. The molecule has 13 heavy (non-hydrogen) atoms. The summed E-state index contributed by atoms with van der Waals surface area (Å²) < 4.78 is 1.58. The van der Waals surface area contributed by atoms with Crippen molar-refractivity contribution in [2.45, 2.75) is 12.5 Å². The third-order valence-corrected chi connectivity index (χ3v) is 3.29. The van der Waals surface area contributed by atoms with Gasteiger partial charge in [0.1, 0.15) is 4.60 Å². The van der Waals surface area contributed by atoms with E-state index < -0.39 is 0 Å². The summed E-state index contributed by atoms with van der Waals surface area (Å²) in [6.45, 7) is 0. The van der Waals surface area contributed by atoms with Gasteiger partial charge in [-0.1, -0.05) is 0 Å². The van der Waals surface area contributed by atoms with Gasteiger partial charge in [-0.15, -0.1) is 0 Å². The normalized spacial score (nSPS) is 12.2. The molecule has 5 heteroatoms. The molecule has 1 heterocycles. The molecule has 0 bridgehead atoms. The number of halogens is 2. The Morgan fingerprint density at radius 2 is 2.23 bits per heavy atom. The molecule has 0 aliphatic carbocycles. The van der Waals surface area contributed by atoms with E-state index in [0.717, 1.165) is 10.2 Å². The van der Waals surface area contributed by atoms with E-state index in [2.05, 4.69) is 36.8 Å². The fourth-order valence-corrected chi connectivity index (χ4v) is 1.40. The van der Waals surface area contributed by atoms with Crippen molar-refractivity contribution < 1.29 is 0 Å². The van der Waals surface area contributed by atoms with E-state index in [1.54, 1.807) is 6.07 Å². The average Bonchev–Trinajstić information content (AvgIpc) is 2.10. The highest BCUT2D eigenvalue weighted by atomic mass is 79.9. The van der Waals surface area contributed by atoms with Gasteiger partial charge in [0.05, 0.1) is 28.7 Å². The second-order valence-corrected chi connectivity index (χ2v) is 4.08. The van der Waals surface area contributed by atoms with E-state index in [9.17, 15) is 0 Å². The van der Waals surface area contributed by atoms with Crippen molar-refractivity contribution in [3.8, 4) is 6.07 Å². The maximum atomic E-state index is 8.44. The molecule has 3 nitrogen and oxygen atoms in total. The minimum atomic E-state index is -0.311. The highest BCUT2D eigenvalue weighted by Crippen LogP contribution is 2.22. The minimum absolute atomic E-state index is 0.279. The van der Waals surface area contributed by atoms with E-state index in [1.165, 1.54) is 0 Å². The lowest BCUT2D eigenvalue weighted by Gasteiger charge is -2.07. The van der Waals surface area contributed by atoms with Crippen LogP contribution in [-0.4, -0.2) is 4.98 Å². The summed E-state index contributed by atoms with van der Waals surface area (Å²) in [4.78, 5) is 4.18. The molecule has 1 unspecified atom stereocenters. The van der Waals surface area contributed by atoms with Crippen LogP contribution in [0.15, 0.2) is 21.2 Å². The second kappa shape index (κ2) is 4.70. The van der Waals surface area contributed by atoms with Crippen LogP contribution in [0, 0.1) is 11.3 Å². The van der Waals surface area contributed by atoms with Crippen molar-refractivity contribution in [3.63, 3.8) is 0 Å². The Morgan fingerprint density at radius 3 is 2.77 bits per heavy atom. The molecule has 0 aliphatic heterocycles.